The molecule has 1 amide bonds. The maximum atomic E-state index is 13.1. The number of ether oxygens (including phenoxy) is 1. The van der Waals surface area contributed by atoms with Gasteiger partial charge in [-0.1, -0.05) is 24.3 Å². The molecule has 0 unspecified atom stereocenters. The van der Waals surface area contributed by atoms with Gasteiger partial charge in [-0.3, -0.25) is 9.59 Å². The Kier molecular flexibility index (Phi) is 5.42. The van der Waals surface area contributed by atoms with Gasteiger partial charge in [0.15, 0.2) is 5.78 Å². The summed E-state index contributed by atoms with van der Waals surface area (Å²) in [5.74, 6) is 1.19. The van der Waals surface area contributed by atoms with Crippen LogP contribution in [0.2, 0.25) is 0 Å². The summed E-state index contributed by atoms with van der Waals surface area (Å²) < 4.78 is 5.23. The Morgan fingerprint density at radius 1 is 1.14 bits per heavy atom. The number of Topliss-reactive ketones (excluding diaryl/α,β-unsaturated/α-hetero) is 1. The molecule has 1 N–H and O–H groups in total. The number of hydrogen-bond acceptors (Lipinski definition) is 4. The van der Waals surface area contributed by atoms with Gasteiger partial charge in [-0.15, -0.1) is 0 Å². The summed E-state index contributed by atoms with van der Waals surface area (Å²) in [5.41, 5.74) is 2.10. The zero-order chi connectivity index (χ0) is 20.2. The molecule has 29 heavy (non-hydrogen) atoms. The summed E-state index contributed by atoms with van der Waals surface area (Å²) in [4.78, 5) is 35.2. The summed E-state index contributed by atoms with van der Waals surface area (Å²) in [6.07, 6.45) is 5.03. The molecule has 2 aromatic carbocycles. The fraction of sp³-hybridized carbons (Fsp3) is 0.261. The van der Waals surface area contributed by atoms with Gasteiger partial charge < -0.3 is 14.6 Å². The molecule has 1 aliphatic heterocycles. The number of likely N-dealkylation sites (tertiary alicyclic amines) is 1. The van der Waals surface area contributed by atoms with Crippen molar-refractivity contribution in [1.29, 1.82) is 0 Å². The lowest BCUT2D eigenvalue weighted by atomic mass is 9.89. The second-order valence-corrected chi connectivity index (χ2v) is 7.21. The number of carbonyl (C=O) groups is 2. The number of ketones is 1. The van der Waals surface area contributed by atoms with E-state index >= 15 is 0 Å². The van der Waals surface area contributed by atoms with E-state index in [-0.39, 0.29) is 17.6 Å². The van der Waals surface area contributed by atoms with Crippen LogP contribution >= 0.6 is 0 Å². The number of amides is 1. The van der Waals surface area contributed by atoms with Gasteiger partial charge in [0.25, 0.3) is 5.91 Å². The predicted molar refractivity (Wildman–Crippen MR) is 110 cm³/mol. The van der Waals surface area contributed by atoms with Gasteiger partial charge in [0, 0.05) is 48.1 Å². The molecule has 1 saturated heterocycles. The van der Waals surface area contributed by atoms with Crippen molar-refractivity contribution in [2.75, 3.05) is 20.2 Å². The number of piperidine rings is 1. The van der Waals surface area contributed by atoms with Crippen LogP contribution in [0.3, 0.4) is 0 Å². The van der Waals surface area contributed by atoms with E-state index in [9.17, 15) is 9.59 Å². The van der Waals surface area contributed by atoms with Gasteiger partial charge in [0.05, 0.1) is 7.11 Å². The maximum absolute atomic E-state index is 13.1. The zero-order valence-corrected chi connectivity index (χ0v) is 16.3. The molecule has 0 aliphatic carbocycles. The lowest BCUT2D eigenvalue weighted by Crippen LogP contribution is -2.42. The first-order valence-corrected chi connectivity index (χ1v) is 9.73. The van der Waals surface area contributed by atoms with E-state index in [0.717, 1.165) is 24.2 Å². The number of carbonyl (C=O) groups excluding carboxylic acids is 2. The molecule has 1 atom stereocenters. The number of nitrogens with zero attached hydrogens (tertiary/aromatic N) is 2. The molecule has 1 aliphatic rings. The summed E-state index contributed by atoms with van der Waals surface area (Å²) in [7, 11) is 1.58. The third kappa shape index (κ3) is 4.06. The third-order valence-corrected chi connectivity index (χ3v) is 5.31. The highest BCUT2D eigenvalue weighted by atomic mass is 16.5. The third-order valence-electron chi connectivity index (χ3n) is 5.31. The van der Waals surface area contributed by atoms with E-state index in [2.05, 4.69) is 9.97 Å². The van der Waals surface area contributed by atoms with Crippen molar-refractivity contribution in [1.82, 2.24) is 14.9 Å². The van der Waals surface area contributed by atoms with Crippen molar-refractivity contribution >= 4 is 11.7 Å². The minimum Gasteiger partial charge on any atom is -0.497 e. The summed E-state index contributed by atoms with van der Waals surface area (Å²) in [6, 6.07) is 14.6. The molecule has 0 radical (unpaired) electrons. The van der Waals surface area contributed by atoms with E-state index < -0.39 is 0 Å². The summed E-state index contributed by atoms with van der Waals surface area (Å²) in [5, 5.41) is 0. The second kappa shape index (κ2) is 8.31. The Morgan fingerprint density at radius 2 is 1.97 bits per heavy atom. The van der Waals surface area contributed by atoms with E-state index in [1.807, 2.05) is 36.4 Å². The summed E-state index contributed by atoms with van der Waals surface area (Å²) >= 11 is 0. The van der Waals surface area contributed by atoms with Crippen molar-refractivity contribution in [3.05, 3.63) is 72.1 Å². The average molecular weight is 389 g/mol. The Morgan fingerprint density at radius 3 is 2.76 bits per heavy atom. The highest BCUT2D eigenvalue weighted by Crippen LogP contribution is 2.25. The minimum absolute atomic E-state index is 0.0541. The number of aromatic amines is 1. The fourth-order valence-corrected chi connectivity index (χ4v) is 3.79. The SMILES string of the molecule is COc1cccc(C(=O)[C@@H]2CCCN(C(=O)c3cccc(-c4ncc[nH]4)c3)C2)c1. The molecule has 2 heterocycles. The number of nitrogens with one attached hydrogen (secondary N) is 1. The Balaban J connectivity index is 1.50. The topological polar surface area (TPSA) is 75.3 Å². The number of methoxy groups -OCH3 is 1. The van der Waals surface area contributed by atoms with E-state index in [0.29, 0.717) is 30.0 Å². The smallest absolute Gasteiger partial charge is 0.253 e. The molecule has 1 aromatic heterocycles. The highest BCUT2D eigenvalue weighted by Gasteiger charge is 2.29. The number of benzene rings is 2. The maximum Gasteiger partial charge on any atom is 0.253 e. The van der Waals surface area contributed by atoms with Gasteiger partial charge in [-0.25, -0.2) is 4.98 Å². The minimum atomic E-state index is -0.201. The van der Waals surface area contributed by atoms with Gasteiger partial charge in [0.2, 0.25) is 0 Å². The lowest BCUT2D eigenvalue weighted by Gasteiger charge is -2.32. The number of imidazole rings is 1. The van der Waals surface area contributed by atoms with E-state index in [1.54, 1.807) is 36.5 Å². The molecule has 0 saturated carbocycles. The van der Waals surface area contributed by atoms with Crippen LogP contribution in [0.1, 0.15) is 33.6 Å². The van der Waals surface area contributed by atoms with Crippen LogP contribution in [-0.2, 0) is 0 Å². The molecular weight excluding hydrogens is 366 g/mol. The molecule has 4 rings (SSSR count). The summed E-state index contributed by atoms with van der Waals surface area (Å²) in [6.45, 7) is 1.09. The Labute approximate surface area is 169 Å². The molecule has 0 spiro atoms. The monoisotopic (exact) mass is 389 g/mol. The number of aromatic nitrogens is 2. The standard InChI is InChI=1S/C23H23N3O3/c1-29-20-9-3-5-16(14-20)21(27)19-8-4-12-26(15-19)23(28)18-7-2-6-17(13-18)22-24-10-11-25-22/h2-3,5-7,9-11,13-14,19H,4,8,12,15H2,1H3,(H,24,25)/t19-/m1/s1. The van der Waals surface area contributed by atoms with Gasteiger partial charge in [-0.2, -0.15) is 0 Å². The highest BCUT2D eigenvalue weighted by molar-refractivity contribution is 6.00. The van der Waals surface area contributed by atoms with E-state index in [1.165, 1.54) is 0 Å². The molecule has 6 nitrogen and oxygen atoms in total. The first-order chi connectivity index (χ1) is 14.2. The van der Waals surface area contributed by atoms with Crippen LogP contribution in [-0.4, -0.2) is 46.8 Å². The largest absolute Gasteiger partial charge is 0.497 e. The fourth-order valence-electron chi connectivity index (χ4n) is 3.79. The molecular formula is C23H23N3O3. The van der Waals surface area contributed by atoms with Crippen LogP contribution in [0.4, 0.5) is 0 Å². The van der Waals surface area contributed by atoms with E-state index in [4.69, 9.17) is 4.74 Å². The number of rotatable bonds is 5. The molecule has 1 fully saturated rings. The van der Waals surface area contributed by atoms with Crippen LogP contribution in [0.15, 0.2) is 60.9 Å². The Bertz CT molecular complexity index is 1010. The molecule has 3 aromatic rings. The lowest BCUT2D eigenvalue weighted by molar-refractivity contribution is 0.0637. The van der Waals surface area contributed by atoms with Crippen LogP contribution in [0, 0.1) is 5.92 Å². The van der Waals surface area contributed by atoms with Crippen LogP contribution < -0.4 is 4.74 Å². The van der Waals surface area contributed by atoms with Crippen molar-refractivity contribution in [2.45, 2.75) is 12.8 Å². The first-order valence-electron chi connectivity index (χ1n) is 9.73. The second-order valence-electron chi connectivity index (χ2n) is 7.21. The van der Waals surface area contributed by atoms with Crippen molar-refractivity contribution in [3.8, 4) is 17.1 Å². The quantitative estimate of drug-likeness (QED) is 0.673. The number of hydrogen-bond donors (Lipinski definition) is 1. The van der Waals surface area contributed by atoms with Crippen LogP contribution in [0.25, 0.3) is 11.4 Å². The van der Waals surface area contributed by atoms with Gasteiger partial charge in [-0.05, 0) is 37.1 Å². The molecule has 148 valence electrons. The van der Waals surface area contributed by atoms with Crippen molar-refractivity contribution < 1.29 is 14.3 Å². The molecule has 0 bridgehead atoms. The van der Waals surface area contributed by atoms with Gasteiger partial charge in [0.1, 0.15) is 11.6 Å². The first kappa shape index (κ1) is 18.9. The molecule has 6 heteroatoms. The zero-order valence-electron chi connectivity index (χ0n) is 16.3. The average Bonchev–Trinajstić information content (AvgIpc) is 3.33. The van der Waals surface area contributed by atoms with Crippen LogP contribution in [0.5, 0.6) is 5.75 Å². The van der Waals surface area contributed by atoms with Crippen molar-refractivity contribution in [3.63, 3.8) is 0 Å². The Hall–Kier alpha value is -3.41. The normalized spacial score (nSPS) is 16.4. The number of H-pyrrole nitrogens is 1. The van der Waals surface area contributed by atoms with Gasteiger partial charge >= 0.3 is 0 Å². The van der Waals surface area contributed by atoms with Crippen molar-refractivity contribution in [2.24, 2.45) is 5.92 Å². The predicted octanol–water partition coefficient (Wildman–Crippen LogP) is 3.82.